The van der Waals surface area contributed by atoms with Crippen LogP contribution in [0.5, 0.6) is 5.75 Å². The fourth-order valence-electron chi connectivity index (χ4n) is 4.80. The van der Waals surface area contributed by atoms with Gasteiger partial charge in [0.2, 0.25) is 23.6 Å². The lowest BCUT2D eigenvalue weighted by molar-refractivity contribution is -0.133. The first-order valence-electron chi connectivity index (χ1n) is 17.0. The Morgan fingerprint density at radius 3 is 1.65 bits per heavy atom. The Labute approximate surface area is 316 Å². The maximum Gasteiger partial charge on any atom is 0.290 e. The summed E-state index contributed by atoms with van der Waals surface area (Å²) >= 11 is 0.817. The maximum atomic E-state index is 13.6. The van der Waals surface area contributed by atoms with Crippen LogP contribution in [0.4, 0.5) is 4.79 Å². The predicted molar refractivity (Wildman–Crippen MR) is 205 cm³/mol. The molecule has 1 aliphatic heterocycles. The fourth-order valence-corrected chi connectivity index (χ4v) is 5.48. The molecule has 0 aromatic heterocycles. The van der Waals surface area contributed by atoms with Gasteiger partial charge in [-0.25, -0.2) is 0 Å². The number of guanidine groups is 3. The lowest BCUT2D eigenvalue weighted by atomic mass is 10.1. The summed E-state index contributed by atoms with van der Waals surface area (Å²) in [5.41, 5.74) is 38.5. The molecule has 296 valence electrons. The van der Waals surface area contributed by atoms with Crippen molar-refractivity contribution < 1.29 is 33.5 Å². The highest BCUT2D eigenvalue weighted by molar-refractivity contribution is 8.18. The number of nitrogens with zero attached hydrogens (tertiary/aromatic N) is 3. The summed E-state index contributed by atoms with van der Waals surface area (Å²) in [5.74, 6) is -2.95. The van der Waals surface area contributed by atoms with Gasteiger partial charge in [0.1, 0.15) is 23.9 Å². The first kappa shape index (κ1) is 44.1. The maximum absolute atomic E-state index is 13.6. The van der Waals surface area contributed by atoms with Crippen molar-refractivity contribution in [1.82, 2.24) is 21.3 Å². The normalized spacial score (nSPS) is 14.5. The van der Waals surface area contributed by atoms with E-state index in [0.29, 0.717) is 30.6 Å². The van der Waals surface area contributed by atoms with Gasteiger partial charge in [-0.05, 0) is 80.5 Å². The zero-order valence-electron chi connectivity index (χ0n) is 29.8. The molecule has 1 saturated heterocycles. The monoisotopic (exact) mass is 774 g/mol. The van der Waals surface area contributed by atoms with E-state index in [2.05, 4.69) is 36.2 Å². The lowest BCUT2D eigenvalue weighted by Crippen LogP contribution is -2.56. The van der Waals surface area contributed by atoms with E-state index in [0.717, 1.165) is 11.8 Å². The van der Waals surface area contributed by atoms with E-state index in [-0.39, 0.29) is 81.1 Å². The average molecular weight is 775 g/mol. The smallest absolute Gasteiger partial charge is 0.290 e. The molecule has 6 amide bonds. The molecule has 0 saturated carbocycles. The molecule has 0 bridgehead atoms. The summed E-state index contributed by atoms with van der Waals surface area (Å²) in [7, 11) is 0. The minimum Gasteiger partial charge on any atom is -0.494 e. The molecule has 1 heterocycles. The Bertz CT molecular complexity index is 1590. The number of amides is 6. The highest BCUT2D eigenvalue weighted by Crippen LogP contribution is 2.26. The number of thioether (sulfide) groups is 1. The molecule has 2 rings (SSSR count). The minimum atomic E-state index is -1.16. The Morgan fingerprint density at radius 1 is 0.704 bits per heavy atom. The van der Waals surface area contributed by atoms with Crippen LogP contribution in [0, 0.1) is 0 Å². The number of rotatable bonds is 24. The second kappa shape index (κ2) is 23.5. The molecule has 22 heteroatoms. The lowest BCUT2D eigenvalue weighted by Gasteiger charge is -2.25. The van der Waals surface area contributed by atoms with Gasteiger partial charge in [-0.3, -0.25) is 49.1 Å². The molecular formula is C32H50N14O7S. The molecule has 0 unspecified atom stereocenters. The first-order chi connectivity index (χ1) is 25.6. The third kappa shape index (κ3) is 17.9. The van der Waals surface area contributed by atoms with Gasteiger partial charge in [-0.1, -0.05) is 12.1 Å². The Morgan fingerprint density at radius 2 is 1.19 bits per heavy atom. The van der Waals surface area contributed by atoms with Crippen LogP contribution in [0.3, 0.4) is 0 Å². The topological polar surface area (TPSA) is 379 Å². The van der Waals surface area contributed by atoms with Crippen molar-refractivity contribution in [2.45, 2.75) is 69.5 Å². The van der Waals surface area contributed by atoms with Gasteiger partial charge in [0, 0.05) is 26.1 Å². The highest BCUT2D eigenvalue weighted by atomic mass is 32.2. The van der Waals surface area contributed by atoms with Crippen molar-refractivity contribution in [3.05, 3.63) is 34.7 Å². The Kier molecular flexibility index (Phi) is 19.2. The second-order valence-corrected chi connectivity index (χ2v) is 12.9. The van der Waals surface area contributed by atoms with E-state index in [4.69, 9.17) is 44.9 Å². The van der Waals surface area contributed by atoms with E-state index in [9.17, 15) is 28.8 Å². The molecule has 1 aromatic rings. The van der Waals surface area contributed by atoms with Crippen molar-refractivity contribution in [3.8, 4) is 5.75 Å². The van der Waals surface area contributed by atoms with Crippen molar-refractivity contribution in [2.24, 2.45) is 55.1 Å². The number of nitrogens with one attached hydrogen (secondary N) is 4. The number of carbonyl (C=O) groups excluding carboxylic acids is 6. The van der Waals surface area contributed by atoms with Crippen LogP contribution in [-0.2, 0) is 24.0 Å². The minimum absolute atomic E-state index is 0.00476. The predicted octanol–water partition coefficient (Wildman–Crippen LogP) is -2.73. The third-order valence-electron chi connectivity index (χ3n) is 7.42. The van der Waals surface area contributed by atoms with Crippen LogP contribution in [0.15, 0.2) is 44.1 Å². The van der Waals surface area contributed by atoms with Crippen LogP contribution in [-0.4, -0.2) is 97.0 Å². The van der Waals surface area contributed by atoms with Gasteiger partial charge in [0.15, 0.2) is 17.9 Å². The second-order valence-electron chi connectivity index (χ2n) is 11.9. The summed E-state index contributed by atoms with van der Waals surface area (Å²) in [5, 5.41) is 9.71. The third-order valence-corrected chi connectivity index (χ3v) is 8.23. The van der Waals surface area contributed by atoms with Gasteiger partial charge in [-0.2, -0.15) is 0 Å². The van der Waals surface area contributed by atoms with Crippen LogP contribution in [0.2, 0.25) is 0 Å². The number of carbonyl (C=O) groups is 6. The summed E-state index contributed by atoms with van der Waals surface area (Å²) in [6.07, 6.45) is 3.14. The summed E-state index contributed by atoms with van der Waals surface area (Å²) in [6.45, 7) is 0.709. The van der Waals surface area contributed by atoms with Crippen molar-refractivity contribution in [3.63, 3.8) is 0 Å². The summed E-state index contributed by atoms with van der Waals surface area (Å²) < 4.78 is 5.73. The van der Waals surface area contributed by atoms with Crippen LogP contribution in [0.1, 0.15) is 56.9 Å². The Hall–Kier alpha value is -6.06. The number of hydrogen-bond acceptors (Lipinski definition) is 11. The molecule has 1 fully saturated rings. The van der Waals surface area contributed by atoms with Crippen LogP contribution < -0.4 is 66.1 Å². The molecule has 1 aliphatic rings. The largest absolute Gasteiger partial charge is 0.494 e. The van der Waals surface area contributed by atoms with E-state index in [1.807, 2.05) is 0 Å². The molecule has 3 atom stereocenters. The highest BCUT2D eigenvalue weighted by Gasteiger charge is 2.29. The number of nitrogens with two attached hydrogens (primary N) is 7. The van der Waals surface area contributed by atoms with E-state index < -0.39 is 52.9 Å². The fraction of sp³-hybridized carbons (Fsp3) is 0.469. The van der Waals surface area contributed by atoms with Gasteiger partial charge < -0.3 is 60.8 Å². The zero-order chi connectivity index (χ0) is 40.0. The number of benzene rings is 1. The quantitative estimate of drug-likeness (QED) is 0.0220. The molecule has 21 nitrogen and oxygen atoms in total. The molecule has 0 radical (unpaired) electrons. The number of ether oxygens (including phenoxy) is 1. The van der Waals surface area contributed by atoms with Crippen molar-refractivity contribution in [1.29, 1.82) is 0 Å². The molecule has 54 heavy (non-hydrogen) atoms. The van der Waals surface area contributed by atoms with Crippen molar-refractivity contribution >= 4 is 70.5 Å². The van der Waals surface area contributed by atoms with Gasteiger partial charge in [-0.15, -0.1) is 0 Å². The summed E-state index contributed by atoms with van der Waals surface area (Å²) in [4.78, 5) is 87.2. The van der Waals surface area contributed by atoms with Crippen molar-refractivity contribution in [2.75, 3.05) is 26.2 Å². The van der Waals surface area contributed by atoms with Gasteiger partial charge in [0.05, 0.1) is 11.5 Å². The van der Waals surface area contributed by atoms with Gasteiger partial charge >= 0.3 is 0 Å². The average Bonchev–Trinajstić information content (AvgIpc) is 3.42. The summed E-state index contributed by atoms with van der Waals surface area (Å²) in [6, 6.07) is 3.49. The first-order valence-corrected chi connectivity index (χ1v) is 17.8. The molecule has 18 N–H and O–H groups in total. The molecule has 1 aromatic carbocycles. The molecule has 0 spiro atoms. The van der Waals surface area contributed by atoms with E-state index in [1.165, 1.54) is 0 Å². The SMILES string of the molecule is NC(=O)[C@H](CCCN=C(N)N)NC(=O)[C@H](CCCN=C(N)N)NC(=O)[C@H](CCCN=C(N)N)NC(=O)CCCOc1ccc(/C=C2\SC(=O)NC2=O)cc1. The Balaban J connectivity index is 2.05. The zero-order valence-corrected chi connectivity index (χ0v) is 30.6. The number of imide groups is 1. The molecule has 0 aliphatic carbocycles. The van der Waals surface area contributed by atoms with E-state index in [1.54, 1.807) is 30.3 Å². The van der Waals surface area contributed by atoms with E-state index >= 15 is 0 Å². The van der Waals surface area contributed by atoms with Crippen LogP contribution in [0.25, 0.3) is 6.08 Å². The standard InChI is InChI=1S/C32H50N14O7S/c33-25(48)20(5-1-13-40-29(34)35)44-27(50)22(7-3-15-42-31(38)39)45-26(49)21(6-2-14-41-30(36)37)43-24(47)8-4-16-53-19-11-9-18(10-12-19)17-23-28(51)46-32(52)54-23/h9-12,17,20-22H,1-8,13-16H2,(H2,33,48)(H,43,47)(H,44,50)(H,45,49)(H4,34,35,40)(H4,36,37,41)(H4,38,39,42)(H,46,51,52)/b23-17-/t20-,21-,22-/m0/s1. The number of primary amides is 1. The van der Waals surface area contributed by atoms with Gasteiger partial charge in [0.25, 0.3) is 11.1 Å². The molecular weight excluding hydrogens is 725 g/mol. The number of aliphatic imine (C=N–C) groups is 3. The van der Waals surface area contributed by atoms with Crippen LogP contribution >= 0.6 is 11.8 Å². The number of hydrogen-bond donors (Lipinski definition) is 11.